The van der Waals surface area contributed by atoms with E-state index in [1.54, 1.807) is 6.07 Å². The van der Waals surface area contributed by atoms with Gasteiger partial charge in [-0.1, -0.05) is 44.2 Å². The summed E-state index contributed by atoms with van der Waals surface area (Å²) in [4.78, 5) is 25.2. The molecule has 5 nitrogen and oxygen atoms in total. The molecular weight excluding hydrogens is 374 g/mol. The maximum atomic E-state index is 12.6. The van der Waals surface area contributed by atoms with Crippen LogP contribution in [0.3, 0.4) is 0 Å². The lowest BCUT2D eigenvalue weighted by Gasteiger charge is -2.20. The van der Waals surface area contributed by atoms with Crippen molar-refractivity contribution in [3.05, 3.63) is 65.2 Å². The largest absolute Gasteiger partial charge is 0.399 e. The topological polar surface area (TPSA) is 84.2 Å². The van der Waals surface area contributed by atoms with E-state index in [-0.39, 0.29) is 30.1 Å². The van der Waals surface area contributed by atoms with Gasteiger partial charge in [-0.05, 0) is 55.0 Å². The van der Waals surface area contributed by atoms with E-state index in [1.807, 2.05) is 63.2 Å². The average Bonchev–Trinajstić information content (AvgIpc) is 2.62. The van der Waals surface area contributed by atoms with Crippen LogP contribution in [0.1, 0.15) is 41.8 Å². The molecule has 0 radical (unpaired) electrons. The molecule has 0 aliphatic rings. The Kier molecular flexibility index (Phi) is 9.52. The number of carbonyl (C=O) groups is 2. The van der Waals surface area contributed by atoms with Crippen molar-refractivity contribution >= 4 is 29.9 Å². The molecule has 0 spiro atoms. The predicted octanol–water partition coefficient (Wildman–Crippen LogP) is 3.50. The molecule has 0 saturated heterocycles. The van der Waals surface area contributed by atoms with E-state index < -0.39 is 6.04 Å². The number of aryl methyl sites for hydroxylation is 1. The molecule has 1 unspecified atom stereocenters. The van der Waals surface area contributed by atoms with Crippen molar-refractivity contribution in [2.45, 2.75) is 39.7 Å². The van der Waals surface area contributed by atoms with Crippen LogP contribution in [0.4, 0.5) is 5.69 Å². The fraction of sp³-hybridized carbons (Fsp3) is 0.364. The van der Waals surface area contributed by atoms with Crippen LogP contribution < -0.4 is 16.4 Å². The number of carbonyl (C=O) groups excluding carboxylic acids is 2. The first-order valence-electron chi connectivity index (χ1n) is 9.35. The third-order valence-electron chi connectivity index (χ3n) is 4.41. The zero-order chi connectivity index (χ0) is 19.8. The lowest BCUT2D eigenvalue weighted by Crippen LogP contribution is -2.48. The Morgan fingerprint density at radius 2 is 1.68 bits per heavy atom. The molecule has 0 bridgehead atoms. The monoisotopic (exact) mass is 403 g/mol. The lowest BCUT2D eigenvalue weighted by molar-refractivity contribution is -0.123. The highest BCUT2D eigenvalue weighted by atomic mass is 35.5. The molecule has 28 heavy (non-hydrogen) atoms. The summed E-state index contributed by atoms with van der Waals surface area (Å²) in [5, 5.41) is 5.83. The summed E-state index contributed by atoms with van der Waals surface area (Å²) in [5.41, 5.74) is 9.00. The number of nitrogens with two attached hydrogens (primary N) is 1. The Balaban J connectivity index is 0.00000392. The van der Waals surface area contributed by atoms with E-state index in [9.17, 15) is 9.59 Å². The molecule has 0 aliphatic heterocycles. The van der Waals surface area contributed by atoms with E-state index in [0.29, 0.717) is 24.9 Å². The highest BCUT2D eigenvalue weighted by Gasteiger charge is 2.22. The van der Waals surface area contributed by atoms with Gasteiger partial charge >= 0.3 is 0 Å². The van der Waals surface area contributed by atoms with Gasteiger partial charge in [0.05, 0.1) is 0 Å². The first-order chi connectivity index (χ1) is 12.9. The number of hydrogen-bond acceptors (Lipinski definition) is 3. The minimum Gasteiger partial charge on any atom is -0.399 e. The summed E-state index contributed by atoms with van der Waals surface area (Å²) in [6.45, 7) is 6.47. The van der Waals surface area contributed by atoms with Crippen LogP contribution in [0.2, 0.25) is 0 Å². The number of rotatable bonds is 8. The van der Waals surface area contributed by atoms with Crippen LogP contribution in [0.5, 0.6) is 0 Å². The van der Waals surface area contributed by atoms with Gasteiger partial charge in [-0.15, -0.1) is 12.4 Å². The molecule has 0 aliphatic carbocycles. The first-order valence-corrected chi connectivity index (χ1v) is 9.35. The Morgan fingerprint density at radius 3 is 2.29 bits per heavy atom. The SMILES string of the molecule is Cc1ccccc1C(=O)NC(CC(C)C)C(=O)NCCc1ccc(N)cc1.Cl. The summed E-state index contributed by atoms with van der Waals surface area (Å²) in [6.07, 6.45) is 1.30. The van der Waals surface area contributed by atoms with Gasteiger partial charge in [0.1, 0.15) is 6.04 Å². The molecule has 0 saturated carbocycles. The van der Waals surface area contributed by atoms with Crippen LogP contribution in [0.15, 0.2) is 48.5 Å². The van der Waals surface area contributed by atoms with E-state index >= 15 is 0 Å². The number of anilines is 1. The van der Waals surface area contributed by atoms with Gasteiger partial charge in [-0.25, -0.2) is 0 Å². The highest BCUT2D eigenvalue weighted by molar-refractivity contribution is 5.98. The molecule has 2 rings (SSSR count). The van der Waals surface area contributed by atoms with Gasteiger partial charge in [-0.3, -0.25) is 9.59 Å². The van der Waals surface area contributed by atoms with Crippen molar-refractivity contribution in [2.24, 2.45) is 5.92 Å². The van der Waals surface area contributed by atoms with Crippen LogP contribution in [-0.4, -0.2) is 24.4 Å². The number of amides is 2. The zero-order valence-corrected chi connectivity index (χ0v) is 17.5. The first kappa shape index (κ1) is 23.5. The normalized spacial score (nSPS) is 11.4. The second-order valence-electron chi connectivity index (χ2n) is 7.25. The smallest absolute Gasteiger partial charge is 0.252 e. The molecule has 6 heteroatoms. The van der Waals surface area contributed by atoms with E-state index in [4.69, 9.17) is 5.73 Å². The summed E-state index contributed by atoms with van der Waals surface area (Å²) in [7, 11) is 0. The quantitative estimate of drug-likeness (QED) is 0.590. The van der Waals surface area contributed by atoms with Crippen molar-refractivity contribution in [2.75, 3.05) is 12.3 Å². The van der Waals surface area contributed by atoms with Crippen molar-refractivity contribution in [1.29, 1.82) is 0 Å². The average molecular weight is 404 g/mol. The van der Waals surface area contributed by atoms with Crippen LogP contribution in [-0.2, 0) is 11.2 Å². The Hall–Kier alpha value is -2.53. The van der Waals surface area contributed by atoms with Gasteiger partial charge in [-0.2, -0.15) is 0 Å². The standard InChI is InChI=1S/C22H29N3O2.ClH/c1-15(2)14-20(25-21(26)19-7-5-4-6-16(19)3)22(27)24-13-12-17-8-10-18(23)11-9-17;/h4-11,15,20H,12-14,23H2,1-3H3,(H,24,27)(H,25,26);1H. The van der Waals surface area contributed by atoms with Crippen molar-refractivity contribution in [1.82, 2.24) is 10.6 Å². The van der Waals surface area contributed by atoms with Gasteiger partial charge < -0.3 is 16.4 Å². The third kappa shape index (κ3) is 7.24. The molecule has 152 valence electrons. The van der Waals surface area contributed by atoms with Crippen molar-refractivity contribution < 1.29 is 9.59 Å². The molecule has 0 fully saturated rings. The van der Waals surface area contributed by atoms with Crippen molar-refractivity contribution in [3.63, 3.8) is 0 Å². The van der Waals surface area contributed by atoms with E-state index in [0.717, 1.165) is 16.8 Å². The molecule has 0 aromatic heterocycles. The molecular formula is C22H30ClN3O2. The van der Waals surface area contributed by atoms with Gasteiger partial charge in [0, 0.05) is 17.8 Å². The maximum Gasteiger partial charge on any atom is 0.252 e. The van der Waals surface area contributed by atoms with Gasteiger partial charge in [0.15, 0.2) is 0 Å². The molecule has 2 aromatic rings. The van der Waals surface area contributed by atoms with E-state index in [1.165, 1.54) is 0 Å². The number of benzene rings is 2. The predicted molar refractivity (Wildman–Crippen MR) is 117 cm³/mol. The Labute approximate surface area is 173 Å². The molecule has 2 amide bonds. The second-order valence-corrected chi connectivity index (χ2v) is 7.25. The Bertz CT molecular complexity index is 776. The van der Waals surface area contributed by atoms with Crippen LogP contribution in [0.25, 0.3) is 0 Å². The fourth-order valence-electron chi connectivity index (χ4n) is 2.90. The molecule has 4 N–H and O–H groups in total. The molecule has 2 aromatic carbocycles. The second kappa shape index (κ2) is 11.3. The molecule has 1 atom stereocenters. The maximum absolute atomic E-state index is 12.6. The number of halogens is 1. The summed E-state index contributed by atoms with van der Waals surface area (Å²) in [5.74, 6) is -0.0801. The highest BCUT2D eigenvalue weighted by Crippen LogP contribution is 2.10. The Morgan fingerprint density at radius 1 is 1.04 bits per heavy atom. The fourth-order valence-corrected chi connectivity index (χ4v) is 2.90. The lowest BCUT2D eigenvalue weighted by atomic mass is 10.0. The number of nitrogens with one attached hydrogen (secondary N) is 2. The summed E-state index contributed by atoms with van der Waals surface area (Å²) in [6, 6.07) is 14.4. The number of hydrogen-bond donors (Lipinski definition) is 3. The zero-order valence-electron chi connectivity index (χ0n) is 16.7. The number of nitrogen functional groups attached to an aromatic ring is 1. The van der Waals surface area contributed by atoms with Crippen molar-refractivity contribution in [3.8, 4) is 0 Å². The van der Waals surface area contributed by atoms with Gasteiger partial charge in [0.2, 0.25) is 5.91 Å². The minimum absolute atomic E-state index is 0. The van der Waals surface area contributed by atoms with Crippen LogP contribution >= 0.6 is 12.4 Å². The van der Waals surface area contributed by atoms with E-state index in [2.05, 4.69) is 10.6 Å². The minimum atomic E-state index is -0.552. The summed E-state index contributed by atoms with van der Waals surface area (Å²) < 4.78 is 0. The van der Waals surface area contributed by atoms with Gasteiger partial charge in [0.25, 0.3) is 5.91 Å². The third-order valence-corrected chi connectivity index (χ3v) is 4.41. The summed E-state index contributed by atoms with van der Waals surface area (Å²) >= 11 is 0. The molecule has 0 heterocycles. The van der Waals surface area contributed by atoms with Crippen LogP contribution in [0, 0.1) is 12.8 Å².